The monoisotopic (exact) mass is 395 g/mol. The Labute approximate surface area is 166 Å². The maximum absolute atomic E-state index is 13.1. The van der Waals surface area contributed by atoms with E-state index in [0.29, 0.717) is 36.0 Å². The molecule has 1 unspecified atom stereocenters. The molecule has 0 spiro atoms. The van der Waals surface area contributed by atoms with Gasteiger partial charge in [-0.1, -0.05) is 0 Å². The summed E-state index contributed by atoms with van der Waals surface area (Å²) in [4.78, 5) is 27.0. The van der Waals surface area contributed by atoms with Gasteiger partial charge in [-0.3, -0.25) is 9.78 Å². The maximum atomic E-state index is 13.1. The number of amides is 1. The van der Waals surface area contributed by atoms with E-state index in [1.54, 1.807) is 29.2 Å². The van der Waals surface area contributed by atoms with Gasteiger partial charge in [-0.15, -0.1) is 0 Å². The van der Waals surface area contributed by atoms with E-state index in [0.717, 1.165) is 24.4 Å². The number of nitrogen functional groups attached to an aromatic ring is 1. The standard InChI is InChI=1S/C21H19F2N5O/c22-15-3-1-13(2-4-15)18-6-5-17(24)19(27-18)9-20(29)28-8-7-14(12-28)21-25-10-16(23)11-26-21/h1-6,10-11,14H,7-9,12,24H2. The van der Waals surface area contributed by atoms with E-state index in [-0.39, 0.29) is 24.1 Å². The second kappa shape index (κ2) is 7.90. The van der Waals surface area contributed by atoms with Crippen LogP contribution in [0.5, 0.6) is 0 Å². The highest BCUT2D eigenvalue weighted by Gasteiger charge is 2.29. The maximum Gasteiger partial charge on any atom is 0.228 e. The fourth-order valence-electron chi connectivity index (χ4n) is 3.42. The number of benzene rings is 1. The Kier molecular flexibility index (Phi) is 5.16. The lowest BCUT2D eigenvalue weighted by Crippen LogP contribution is -2.30. The number of pyridine rings is 1. The normalized spacial score (nSPS) is 16.2. The van der Waals surface area contributed by atoms with Crippen LogP contribution >= 0.6 is 0 Å². The highest BCUT2D eigenvalue weighted by atomic mass is 19.1. The molecule has 4 rings (SSSR count). The van der Waals surface area contributed by atoms with Crippen molar-refractivity contribution in [3.63, 3.8) is 0 Å². The van der Waals surface area contributed by atoms with E-state index in [2.05, 4.69) is 15.0 Å². The molecule has 1 aliphatic heterocycles. The van der Waals surface area contributed by atoms with Crippen molar-refractivity contribution >= 4 is 11.6 Å². The number of aromatic nitrogens is 3. The number of nitrogens with zero attached hydrogens (tertiary/aromatic N) is 4. The minimum atomic E-state index is -0.484. The average molecular weight is 395 g/mol. The summed E-state index contributed by atoms with van der Waals surface area (Å²) in [5, 5.41) is 0. The van der Waals surface area contributed by atoms with Crippen molar-refractivity contribution in [3.8, 4) is 11.3 Å². The number of hydrogen-bond donors (Lipinski definition) is 1. The lowest BCUT2D eigenvalue weighted by molar-refractivity contribution is -0.129. The van der Waals surface area contributed by atoms with Crippen molar-refractivity contribution < 1.29 is 13.6 Å². The van der Waals surface area contributed by atoms with Crippen LogP contribution in [0.15, 0.2) is 48.8 Å². The molecule has 1 fully saturated rings. The minimum Gasteiger partial charge on any atom is -0.397 e. The Bertz CT molecular complexity index is 1020. The molecule has 1 aliphatic rings. The number of halogens is 2. The molecule has 148 valence electrons. The van der Waals surface area contributed by atoms with Gasteiger partial charge in [0.1, 0.15) is 11.6 Å². The molecule has 0 saturated carbocycles. The van der Waals surface area contributed by atoms with Crippen LogP contribution in [0.1, 0.15) is 23.9 Å². The number of likely N-dealkylation sites (tertiary alicyclic amines) is 1. The summed E-state index contributed by atoms with van der Waals surface area (Å²) in [6.07, 6.45) is 3.06. The lowest BCUT2D eigenvalue weighted by atomic mass is 10.1. The molecule has 2 aromatic heterocycles. The topological polar surface area (TPSA) is 85.0 Å². The van der Waals surface area contributed by atoms with Gasteiger partial charge in [0.2, 0.25) is 5.91 Å². The smallest absolute Gasteiger partial charge is 0.228 e. The van der Waals surface area contributed by atoms with Gasteiger partial charge in [-0.2, -0.15) is 0 Å². The molecule has 6 nitrogen and oxygen atoms in total. The van der Waals surface area contributed by atoms with E-state index in [1.807, 2.05) is 0 Å². The van der Waals surface area contributed by atoms with Gasteiger partial charge in [-0.25, -0.2) is 18.7 Å². The first-order chi connectivity index (χ1) is 14.0. The third-order valence-electron chi connectivity index (χ3n) is 5.01. The summed E-state index contributed by atoms with van der Waals surface area (Å²) in [5.74, 6) is -0.381. The Hall–Kier alpha value is -3.42. The fraction of sp³-hybridized carbons (Fsp3) is 0.238. The van der Waals surface area contributed by atoms with Crippen LogP contribution in [0.4, 0.5) is 14.5 Å². The average Bonchev–Trinajstić information content (AvgIpc) is 3.21. The Morgan fingerprint density at radius 2 is 1.79 bits per heavy atom. The zero-order valence-corrected chi connectivity index (χ0v) is 15.6. The summed E-state index contributed by atoms with van der Waals surface area (Å²) >= 11 is 0. The molecule has 8 heteroatoms. The van der Waals surface area contributed by atoms with Gasteiger partial charge in [-0.05, 0) is 42.8 Å². The summed E-state index contributed by atoms with van der Waals surface area (Å²) in [6.45, 7) is 1.05. The van der Waals surface area contributed by atoms with Crippen LogP contribution < -0.4 is 5.73 Å². The molecule has 3 heterocycles. The first kappa shape index (κ1) is 18.9. The first-order valence-corrected chi connectivity index (χ1v) is 9.26. The van der Waals surface area contributed by atoms with Crippen LogP contribution in [0.25, 0.3) is 11.3 Å². The van der Waals surface area contributed by atoms with Crippen molar-refractivity contribution in [1.82, 2.24) is 19.9 Å². The molecular weight excluding hydrogens is 376 g/mol. The Morgan fingerprint density at radius 3 is 2.52 bits per heavy atom. The van der Waals surface area contributed by atoms with Crippen LogP contribution in [0.3, 0.4) is 0 Å². The first-order valence-electron chi connectivity index (χ1n) is 9.26. The third kappa shape index (κ3) is 4.21. The van der Waals surface area contributed by atoms with Gasteiger partial charge in [0.15, 0.2) is 5.82 Å². The summed E-state index contributed by atoms with van der Waals surface area (Å²) in [7, 11) is 0. The van der Waals surface area contributed by atoms with E-state index in [9.17, 15) is 13.6 Å². The van der Waals surface area contributed by atoms with Crippen LogP contribution in [0.2, 0.25) is 0 Å². The molecule has 0 aliphatic carbocycles. The third-order valence-corrected chi connectivity index (χ3v) is 5.01. The molecule has 3 aromatic rings. The number of nitrogens with two attached hydrogens (primary N) is 1. The van der Waals surface area contributed by atoms with Gasteiger partial charge in [0, 0.05) is 24.6 Å². The SMILES string of the molecule is Nc1ccc(-c2ccc(F)cc2)nc1CC(=O)N1CCC(c2ncc(F)cn2)C1. The van der Waals surface area contributed by atoms with Crippen molar-refractivity contribution in [3.05, 3.63) is 71.9 Å². The second-order valence-electron chi connectivity index (χ2n) is 7.00. The molecule has 1 atom stereocenters. The zero-order chi connectivity index (χ0) is 20.4. The minimum absolute atomic E-state index is 0.0181. The van der Waals surface area contributed by atoms with Gasteiger partial charge < -0.3 is 10.6 Å². The number of hydrogen-bond acceptors (Lipinski definition) is 5. The number of carbonyl (C=O) groups excluding carboxylic acids is 1. The molecular formula is C21H19F2N5O. The number of rotatable bonds is 4. The highest BCUT2D eigenvalue weighted by Crippen LogP contribution is 2.26. The van der Waals surface area contributed by atoms with Crippen LogP contribution in [-0.2, 0) is 11.2 Å². The molecule has 0 bridgehead atoms. The van der Waals surface area contributed by atoms with Crippen LogP contribution in [-0.4, -0.2) is 38.8 Å². The van der Waals surface area contributed by atoms with Gasteiger partial charge in [0.05, 0.1) is 35.9 Å². The summed E-state index contributed by atoms with van der Waals surface area (Å²) < 4.78 is 26.2. The molecule has 2 N–H and O–H groups in total. The number of anilines is 1. The summed E-state index contributed by atoms with van der Waals surface area (Å²) in [5.41, 5.74) is 8.31. The zero-order valence-electron chi connectivity index (χ0n) is 15.6. The molecule has 29 heavy (non-hydrogen) atoms. The molecule has 1 amide bonds. The van der Waals surface area contributed by atoms with E-state index in [4.69, 9.17) is 5.73 Å². The number of carbonyl (C=O) groups is 1. The van der Waals surface area contributed by atoms with Crippen molar-refractivity contribution in [2.75, 3.05) is 18.8 Å². The predicted octanol–water partition coefficient (Wildman–Crippen LogP) is 2.96. The van der Waals surface area contributed by atoms with Crippen LogP contribution in [0, 0.1) is 11.6 Å². The van der Waals surface area contributed by atoms with Gasteiger partial charge >= 0.3 is 0 Å². The van der Waals surface area contributed by atoms with E-state index in [1.165, 1.54) is 12.1 Å². The van der Waals surface area contributed by atoms with Gasteiger partial charge in [0.25, 0.3) is 0 Å². The highest BCUT2D eigenvalue weighted by molar-refractivity contribution is 5.80. The van der Waals surface area contributed by atoms with Crippen molar-refractivity contribution in [2.45, 2.75) is 18.8 Å². The van der Waals surface area contributed by atoms with E-state index >= 15 is 0 Å². The second-order valence-corrected chi connectivity index (χ2v) is 7.00. The lowest BCUT2D eigenvalue weighted by Gasteiger charge is -2.17. The van der Waals surface area contributed by atoms with Crippen molar-refractivity contribution in [1.29, 1.82) is 0 Å². The van der Waals surface area contributed by atoms with E-state index < -0.39 is 5.82 Å². The summed E-state index contributed by atoms with van der Waals surface area (Å²) in [6, 6.07) is 9.43. The molecule has 1 aromatic carbocycles. The quantitative estimate of drug-likeness (QED) is 0.734. The Morgan fingerprint density at radius 1 is 1.07 bits per heavy atom. The molecule has 1 saturated heterocycles. The molecule has 0 radical (unpaired) electrons. The largest absolute Gasteiger partial charge is 0.397 e. The predicted molar refractivity (Wildman–Crippen MR) is 104 cm³/mol. The van der Waals surface area contributed by atoms with Crippen molar-refractivity contribution in [2.24, 2.45) is 0 Å². The fourth-order valence-corrected chi connectivity index (χ4v) is 3.42. The Balaban J connectivity index is 1.46.